The second kappa shape index (κ2) is 8.60. The lowest BCUT2D eigenvalue weighted by molar-refractivity contribution is 0.0643. The zero-order valence-corrected chi connectivity index (χ0v) is 16.2. The lowest BCUT2D eigenvalue weighted by Crippen LogP contribution is -2.50. The molecule has 0 unspecified atom stereocenters. The minimum Gasteiger partial charge on any atom is -0.351 e. The van der Waals surface area contributed by atoms with Crippen molar-refractivity contribution in [3.05, 3.63) is 56.7 Å². The molecule has 2 amide bonds. The highest BCUT2D eigenvalue weighted by Crippen LogP contribution is 2.14. The lowest BCUT2D eigenvalue weighted by Gasteiger charge is -2.34. The average molecular weight is 422 g/mol. The Bertz CT molecular complexity index is 710. The molecule has 1 aromatic heterocycles. The van der Waals surface area contributed by atoms with Crippen molar-refractivity contribution in [2.75, 3.05) is 39.3 Å². The van der Waals surface area contributed by atoms with E-state index >= 15 is 0 Å². The van der Waals surface area contributed by atoms with Crippen LogP contribution >= 0.6 is 27.3 Å². The van der Waals surface area contributed by atoms with E-state index in [0.717, 1.165) is 42.1 Å². The summed E-state index contributed by atoms with van der Waals surface area (Å²) in [5, 5.41) is 4.88. The maximum atomic E-state index is 12.3. The van der Waals surface area contributed by atoms with E-state index in [-0.39, 0.29) is 11.8 Å². The molecule has 1 N–H and O–H groups in total. The lowest BCUT2D eigenvalue weighted by atomic mass is 10.2. The van der Waals surface area contributed by atoms with Crippen LogP contribution in [0.15, 0.2) is 46.3 Å². The van der Waals surface area contributed by atoms with Gasteiger partial charge in [-0.3, -0.25) is 14.5 Å². The molecule has 132 valence electrons. The molecule has 1 aliphatic rings. The van der Waals surface area contributed by atoms with Crippen LogP contribution in [-0.2, 0) is 0 Å². The van der Waals surface area contributed by atoms with E-state index in [0.29, 0.717) is 12.1 Å². The van der Waals surface area contributed by atoms with Gasteiger partial charge in [-0.25, -0.2) is 0 Å². The Balaban J connectivity index is 1.38. The van der Waals surface area contributed by atoms with Gasteiger partial charge in [-0.2, -0.15) is 0 Å². The number of rotatable bonds is 5. The molecule has 3 rings (SSSR count). The van der Waals surface area contributed by atoms with Crippen molar-refractivity contribution in [1.82, 2.24) is 15.1 Å². The van der Waals surface area contributed by atoms with Crippen LogP contribution in [0, 0.1) is 0 Å². The van der Waals surface area contributed by atoms with Crippen molar-refractivity contribution < 1.29 is 9.59 Å². The number of thiophene rings is 1. The summed E-state index contributed by atoms with van der Waals surface area (Å²) in [7, 11) is 0. The van der Waals surface area contributed by atoms with Gasteiger partial charge in [-0.15, -0.1) is 11.3 Å². The topological polar surface area (TPSA) is 52.7 Å². The van der Waals surface area contributed by atoms with E-state index in [2.05, 4.69) is 26.1 Å². The molecule has 0 atom stereocenters. The van der Waals surface area contributed by atoms with Crippen LogP contribution in [0.4, 0.5) is 0 Å². The summed E-state index contributed by atoms with van der Waals surface area (Å²) in [6.07, 6.45) is 0. The molecule has 2 aromatic rings. The van der Waals surface area contributed by atoms with Crippen LogP contribution in [0.2, 0.25) is 0 Å². The summed E-state index contributed by atoms with van der Waals surface area (Å²) < 4.78 is 0.957. The highest BCUT2D eigenvalue weighted by molar-refractivity contribution is 9.10. The van der Waals surface area contributed by atoms with Crippen molar-refractivity contribution >= 4 is 39.1 Å². The highest BCUT2D eigenvalue weighted by atomic mass is 79.9. The monoisotopic (exact) mass is 421 g/mol. The summed E-state index contributed by atoms with van der Waals surface area (Å²) in [6.45, 7) is 4.54. The van der Waals surface area contributed by atoms with Crippen LogP contribution < -0.4 is 5.32 Å². The fourth-order valence-corrected chi connectivity index (χ4v) is 3.72. The Kier molecular flexibility index (Phi) is 6.23. The van der Waals surface area contributed by atoms with Crippen molar-refractivity contribution in [3.63, 3.8) is 0 Å². The maximum absolute atomic E-state index is 12.3. The largest absolute Gasteiger partial charge is 0.351 e. The van der Waals surface area contributed by atoms with Crippen molar-refractivity contribution in [2.45, 2.75) is 0 Å². The number of carbonyl (C=O) groups excluding carboxylic acids is 2. The predicted molar refractivity (Wildman–Crippen MR) is 103 cm³/mol. The molecule has 0 saturated carbocycles. The van der Waals surface area contributed by atoms with Gasteiger partial charge in [0, 0.05) is 49.3 Å². The molecule has 2 heterocycles. The number of carbonyl (C=O) groups is 2. The number of hydrogen-bond acceptors (Lipinski definition) is 4. The van der Waals surface area contributed by atoms with E-state index in [1.165, 1.54) is 11.3 Å². The van der Waals surface area contributed by atoms with Crippen molar-refractivity contribution in [2.24, 2.45) is 0 Å². The molecule has 7 heteroatoms. The van der Waals surface area contributed by atoms with E-state index < -0.39 is 0 Å². The molecule has 0 radical (unpaired) electrons. The van der Waals surface area contributed by atoms with Gasteiger partial charge in [0.05, 0.1) is 4.88 Å². The van der Waals surface area contributed by atoms with Gasteiger partial charge >= 0.3 is 0 Å². The Morgan fingerprint density at radius 2 is 1.80 bits per heavy atom. The van der Waals surface area contributed by atoms with Gasteiger partial charge in [0.1, 0.15) is 0 Å². The first-order valence-electron chi connectivity index (χ1n) is 8.22. The van der Waals surface area contributed by atoms with Crippen LogP contribution in [0.25, 0.3) is 0 Å². The smallest absolute Gasteiger partial charge is 0.264 e. The van der Waals surface area contributed by atoms with Crippen molar-refractivity contribution in [3.8, 4) is 0 Å². The highest BCUT2D eigenvalue weighted by Gasteiger charge is 2.22. The molecular weight excluding hydrogens is 402 g/mol. The van der Waals surface area contributed by atoms with E-state index in [1.807, 2.05) is 34.5 Å². The van der Waals surface area contributed by atoms with Gasteiger partial charge in [-0.05, 0) is 35.7 Å². The minimum atomic E-state index is -0.0565. The molecule has 1 aliphatic heterocycles. The molecule has 1 saturated heterocycles. The fourth-order valence-electron chi connectivity index (χ4n) is 2.76. The minimum absolute atomic E-state index is 0.0565. The van der Waals surface area contributed by atoms with Crippen molar-refractivity contribution in [1.29, 1.82) is 0 Å². The van der Waals surface area contributed by atoms with Gasteiger partial charge in [-0.1, -0.05) is 22.0 Å². The van der Waals surface area contributed by atoms with Crippen LogP contribution in [0.3, 0.4) is 0 Å². The normalized spacial score (nSPS) is 15.2. The molecule has 25 heavy (non-hydrogen) atoms. The van der Waals surface area contributed by atoms with Gasteiger partial charge in [0.2, 0.25) is 0 Å². The molecule has 0 bridgehead atoms. The molecule has 1 aromatic carbocycles. The zero-order chi connectivity index (χ0) is 17.6. The van der Waals surface area contributed by atoms with Gasteiger partial charge in [0.25, 0.3) is 11.8 Å². The Morgan fingerprint density at radius 1 is 1.08 bits per heavy atom. The summed E-state index contributed by atoms with van der Waals surface area (Å²) in [5.74, 6) is 0.0669. The quantitative estimate of drug-likeness (QED) is 0.807. The second-order valence-corrected chi connectivity index (χ2v) is 7.74. The maximum Gasteiger partial charge on any atom is 0.264 e. The number of benzene rings is 1. The first-order valence-corrected chi connectivity index (χ1v) is 9.89. The first kappa shape index (κ1) is 18.1. The molecule has 1 fully saturated rings. The Labute approximate surface area is 159 Å². The molecule has 0 aliphatic carbocycles. The molecule has 5 nitrogen and oxygen atoms in total. The third-order valence-electron chi connectivity index (χ3n) is 4.21. The standard InChI is InChI=1S/C18H20BrN3O2S/c19-15-5-3-14(4-6-15)17(23)20-7-8-21-9-11-22(12-10-21)18(24)16-2-1-13-25-16/h1-6,13H,7-12H2,(H,20,23). The summed E-state index contributed by atoms with van der Waals surface area (Å²) in [6, 6.07) is 11.1. The first-order chi connectivity index (χ1) is 12.1. The molecular formula is C18H20BrN3O2S. The summed E-state index contributed by atoms with van der Waals surface area (Å²) in [5.41, 5.74) is 0.662. The number of nitrogens with one attached hydrogen (secondary N) is 1. The van der Waals surface area contributed by atoms with Gasteiger partial charge < -0.3 is 10.2 Å². The van der Waals surface area contributed by atoms with Gasteiger partial charge in [0.15, 0.2) is 0 Å². The van der Waals surface area contributed by atoms with Crippen LogP contribution in [0.5, 0.6) is 0 Å². The number of halogens is 1. The van der Waals surface area contributed by atoms with Crippen LogP contribution in [0.1, 0.15) is 20.0 Å². The summed E-state index contributed by atoms with van der Waals surface area (Å²) >= 11 is 4.85. The van der Waals surface area contributed by atoms with Crippen LogP contribution in [-0.4, -0.2) is 60.9 Å². The predicted octanol–water partition coefficient (Wildman–Crippen LogP) is 2.70. The number of piperazine rings is 1. The molecule has 0 spiro atoms. The number of hydrogen-bond donors (Lipinski definition) is 1. The SMILES string of the molecule is O=C(NCCN1CCN(C(=O)c2cccs2)CC1)c1ccc(Br)cc1. The van der Waals surface area contributed by atoms with E-state index in [9.17, 15) is 9.59 Å². The fraction of sp³-hybridized carbons (Fsp3) is 0.333. The zero-order valence-electron chi connectivity index (χ0n) is 13.8. The third-order valence-corrected chi connectivity index (χ3v) is 5.60. The second-order valence-electron chi connectivity index (χ2n) is 5.87. The van der Waals surface area contributed by atoms with E-state index in [1.54, 1.807) is 12.1 Å². The Hall–Kier alpha value is -1.70. The third kappa shape index (κ3) is 4.90. The number of nitrogens with zero attached hydrogens (tertiary/aromatic N) is 2. The average Bonchev–Trinajstić information content (AvgIpc) is 3.17. The Morgan fingerprint density at radius 3 is 2.44 bits per heavy atom. The van der Waals surface area contributed by atoms with E-state index in [4.69, 9.17) is 0 Å². The summed E-state index contributed by atoms with van der Waals surface area (Å²) in [4.78, 5) is 29.4. The number of amides is 2.